The van der Waals surface area contributed by atoms with Crippen LogP contribution in [0.15, 0.2) is 23.1 Å². The molecule has 0 atom stereocenters. The number of hydrogen-bond acceptors (Lipinski definition) is 3. The summed E-state index contributed by atoms with van der Waals surface area (Å²) >= 11 is 0. The summed E-state index contributed by atoms with van der Waals surface area (Å²) in [6.45, 7) is 0.643. The molecule has 0 radical (unpaired) electrons. The molecule has 1 aromatic carbocycles. The molecule has 2 N–H and O–H groups in total. The molecule has 0 aromatic heterocycles. The number of hydrogen-bond donors (Lipinski definition) is 1. The number of nitrogens with zero attached hydrogens (tertiary/aromatic N) is 1. The van der Waals surface area contributed by atoms with E-state index in [1.54, 1.807) is 0 Å². The van der Waals surface area contributed by atoms with Crippen molar-refractivity contribution in [1.82, 2.24) is 4.31 Å². The van der Waals surface area contributed by atoms with Gasteiger partial charge in [0.15, 0.2) is 0 Å². The van der Waals surface area contributed by atoms with Gasteiger partial charge < -0.3 is 5.73 Å². The highest BCUT2D eigenvalue weighted by Gasteiger charge is 2.27. The van der Waals surface area contributed by atoms with Gasteiger partial charge in [-0.15, -0.1) is 0 Å². The summed E-state index contributed by atoms with van der Waals surface area (Å²) in [7, 11) is -2.27. The fourth-order valence-electron chi connectivity index (χ4n) is 2.87. The zero-order valence-corrected chi connectivity index (χ0v) is 13.2. The molecular weight excluding hydrogens is 291 g/mol. The lowest BCUT2D eigenvalue weighted by molar-refractivity contribution is 0.299. The van der Waals surface area contributed by atoms with E-state index in [2.05, 4.69) is 0 Å². The fraction of sp³-hybridized carbons (Fsp3) is 0.600. The predicted molar refractivity (Wildman–Crippen MR) is 80.7 cm³/mol. The molecule has 4 nitrogen and oxygen atoms in total. The highest BCUT2D eigenvalue weighted by atomic mass is 32.2. The molecule has 118 valence electrons. The Balaban J connectivity index is 2.20. The van der Waals surface area contributed by atoms with Crippen molar-refractivity contribution in [2.24, 2.45) is 11.7 Å². The van der Waals surface area contributed by atoms with E-state index in [4.69, 9.17) is 5.73 Å². The van der Waals surface area contributed by atoms with Crippen molar-refractivity contribution in [3.63, 3.8) is 0 Å². The number of rotatable bonds is 5. The molecule has 21 heavy (non-hydrogen) atoms. The summed E-state index contributed by atoms with van der Waals surface area (Å²) in [6, 6.07) is 4.01. The lowest BCUT2D eigenvalue weighted by atomic mass is 9.89. The number of halogens is 1. The molecule has 0 heterocycles. The Kier molecular flexibility index (Phi) is 5.35. The maximum atomic E-state index is 13.9. The van der Waals surface area contributed by atoms with Gasteiger partial charge in [0.25, 0.3) is 0 Å². The van der Waals surface area contributed by atoms with Crippen LogP contribution in [0.1, 0.15) is 37.7 Å². The summed E-state index contributed by atoms with van der Waals surface area (Å²) < 4.78 is 40.3. The van der Waals surface area contributed by atoms with Crippen molar-refractivity contribution in [2.75, 3.05) is 13.6 Å². The van der Waals surface area contributed by atoms with E-state index in [0.717, 1.165) is 25.7 Å². The molecular formula is C15H23FN2O2S. The third kappa shape index (κ3) is 3.81. The Morgan fingerprint density at radius 1 is 1.29 bits per heavy atom. The quantitative estimate of drug-likeness (QED) is 0.908. The lowest BCUT2D eigenvalue weighted by Gasteiger charge is -2.26. The molecule has 0 aliphatic heterocycles. The van der Waals surface area contributed by atoms with Gasteiger partial charge in [-0.2, -0.15) is 0 Å². The van der Waals surface area contributed by atoms with Crippen molar-refractivity contribution in [2.45, 2.75) is 43.5 Å². The van der Waals surface area contributed by atoms with Crippen LogP contribution in [-0.4, -0.2) is 26.3 Å². The average molecular weight is 314 g/mol. The second kappa shape index (κ2) is 6.85. The van der Waals surface area contributed by atoms with Crippen LogP contribution in [0, 0.1) is 11.7 Å². The smallest absolute Gasteiger partial charge is 0.245 e. The Morgan fingerprint density at radius 2 is 1.95 bits per heavy atom. The van der Waals surface area contributed by atoms with Crippen LogP contribution in [0.25, 0.3) is 0 Å². The number of nitrogens with two attached hydrogens (primary N) is 1. The minimum absolute atomic E-state index is 0.190. The zero-order chi connectivity index (χ0) is 15.5. The van der Waals surface area contributed by atoms with Crippen LogP contribution in [-0.2, 0) is 16.6 Å². The molecule has 0 spiro atoms. The molecule has 1 saturated carbocycles. The summed E-state index contributed by atoms with van der Waals surface area (Å²) in [6.07, 6.45) is 5.61. The second-order valence-corrected chi connectivity index (χ2v) is 7.77. The average Bonchev–Trinajstić information content (AvgIpc) is 2.48. The number of benzene rings is 1. The summed E-state index contributed by atoms with van der Waals surface area (Å²) in [5.74, 6) is -0.345. The third-order valence-electron chi connectivity index (χ3n) is 4.16. The van der Waals surface area contributed by atoms with E-state index in [1.165, 1.54) is 36.0 Å². The van der Waals surface area contributed by atoms with Crippen molar-refractivity contribution in [3.05, 3.63) is 29.6 Å². The highest BCUT2D eigenvalue weighted by molar-refractivity contribution is 7.89. The SMILES string of the molecule is CN(CC1CCCCC1)S(=O)(=O)c1cc(CN)ccc1F. The van der Waals surface area contributed by atoms with Gasteiger partial charge in [0.2, 0.25) is 10.0 Å². The van der Waals surface area contributed by atoms with Crippen LogP contribution >= 0.6 is 0 Å². The van der Waals surface area contributed by atoms with Gasteiger partial charge >= 0.3 is 0 Å². The van der Waals surface area contributed by atoms with E-state index in [-0.39, 0.29) is 11.4 Å². The van der Waals surface area contributed by atoms with Gasteiger partial charge in [-0.25, -0.2) is 17.1 Å². The summed E-state index contributed by atoms with van der Waals surface area (Å²) in [5, 5.41) is 0. The normalized spacial score (nSPS) is 17.3. The van der Waals surface area contributed by atoms with Gasteiger partial charge in [0.05, 0.1) is 0 Å². The third-order valence-corrected chi connectivity index (χ3v) is 6.00. The minimum Gasteiger partial charge on any atom is -0.326 e. The van der Waals surface area contributed by atoms with Crippen molar-refractivity contribution in [3.8, 4) is 0 Å². The van der Waals surface area contributed by atoms with Crippen LogP contribution in [0.3, 0.4) is 0 Å². The molecule has 2 rings (SSSR count). The van der Waals surface area contributed by atoms with E-state index < -0.39 is 15.8 Å². The van der Waals surface area contributed by atoms with Gasteiger partial charge in [-0.3, -0.25) is 0 Å². The zero-order valence-electron chi connectivity index (χ0n) is 12.4. The summed E-state index contributed by atoms with van der Waals surface area (Å²) in [4.78, 5) is -0.274. The Bertz CT molecular complexity index is 583. The first-order chi connectivity index (χ1) is 9.95. The molecule has 1 aliphatic rings. The van der Waals surface area contributed by atoms with E-state index in [0.29, 0.717) is 18.0 Å². The summed E-state index contributed by atoms with van der Waals surface area (Å²) in [5.41, 5.74) is 6.12. The van der Waals surface area contributed by atoms with Crippen LogP contribution < -0.4 is 5.73 Å². The number of sulfonamides is 1. The molecule has 1 aliphatic carbocycles. The van der Waals surface area contributed by atoms with Gasteiger partial charge in [0.1, 0.15) is 10.7 Å². The Hall–Kier alpha value is -0.980. The molecule has 1 fully saturated rings. The van der Waals surface area contributed by atoms with E-state index in [1.807, 2.05) is 0 Å². The monoisotopic (exact) mass is 314 g/mol. The van der Waals surface area contributed by atoms with Crippen LogP contribution in [0.4, 0.5) is 4.39 Å². The first-order valence-electron chi connectivity index (χ1n) is 7.40. The van der Waals surface area contributed by atoms with Crippen molar-refractivity contribution < 1.29 is 12.8 Å². The van der Waals surface area contributed by atoms with Gasteiger partial charge in [-0.05, 0) is 36.5 Å². The first kappa shape index (κ1) is 16.4. The minimum atomic E-state index is -3.80. The van der Waals surface area contributed by atoms with E-state index in [9.17, 15) is 12.8 Å². The van der Waals surface area contributed by atoms with Crippen molar-refractivity contribution in [1.29, 1.82) is 0 Å². The fourth-order valence-corrected chi connectivity index (χ4v) is 4.23. The molecule has 0 unspecified atom stereocenters. The molecule has 1 aromatic rings. The molecule has 0 bridgehead atoms. The topological polar surface area (TPSA) is 63.4 Å². The molecule has 0 amide bonds. The molecule has 6 heteroatoms. The van der Waals surface area contributed by atoms with Gasteiger partial charge in [0, 0.05) is 20.1 Å². The highest BCUT2D eigenvalue weighted by Crippen LogP contribution is 2.27. The predicted octanol–water partition coefficient (Wildman–Crippen LogP) is 2.49. The van der Waals surface area contributed by atoms with Crippen molar-refractivity contribution >= 4 is 10.0 Å². The maximum absolute atomic E-state index is 13.9. The second-order valence-electron chi connectivity index (χ2n) is 5.76. The van der Waals surface area contributed by atoms with Crippen LogP contribution in [0.5, 0.6) is 0 Å². The maximum Gasteiger partial charge on any atom is 0.245 e. The lowest BCUT2D eigenvalue weighted by Crippen LogP contribution is -2.33. The largest absolute Gasteiger partial charge is 0.326 e. The Labute approximate surface area is 126 Å². The van der Waals surface area contributed by atoms with Crippen LogP contribution in [0.2, 0.25) is 0 Å². The van der Waals surface area contributed by atoms with Gasteiger partial charge in [-0.1, -0.05) is 25.3 Å². The first-order valence-corrected chi connectivity index (χ1v) is 8.84. The van der Waals surface area contributed by atoms with E-state index >= 15 is 0 Å². The Morgan fingerprint density at radius 3 is 2.57 bits per heavy atom. The standard InChI is InChI=1S/C15H23FN2O2S/c1-18(11-12-5-3-2-4-6-12)21(19,20)15-9-13(10-17)7-8-14(15)16/h7-9,12H,2-6,10-11,17H2,1H3. The molecule has 0 saturated heterocycles.